The number of rotatable bonds is 20. The summed E-state index contributed by atoms with van der Waals surface area (Å²) in [7, 11) is 0.180. The Morgan fingerprint density at radius 3 is 1.27 bits per heavy atom. The van der Waals surface area contributed by atoms with Gasteiger partial charge in [0, 0.05) is 48.2 Å². The molecule has 0 spiro atoms. The molecular formula is C45H80Br2N2O4Si2. The minimum absolute atomic E-state index is 0.184. The summed E-state index contributed by atoms with van der Waals surface area (Å²) in [6.07, 6.45) is 1.66. The molecule has 0 aliphatic heterocycles. The van der Waals surface area contributed by atoms with E-state index in [1.807, 2.05) is 34.9 Å². The summed E-state index contributed by atoms with van der Waals surface area (Å²) in [5.74, 6) is 0.685. The molecule has 2 rings (SSSR count). The van der Waals surface area contributed by atoms with Gasteiger partial charge in [0.25, 0.3) is 0 Å². The van der Waals surface area contributed by atoms with Crippen LogP contribution in [0, 0.1) is 0 Å². The van der Waals surface area contributed by atoms with Gasteiger partial charge < -0.3 is 23.8 Å². The second kappa shape index (κ2) is 24.2. The molecule has 0 radical (unpaired) electrons. The number of halogens is 2. The van der Waals surface area contributed by atoms with E-state index in [0.717, 1.165) is 34.9 Å². The van der Waals surface area contributed by atoms with Crippen molar-refractivity contribution in [3.8, 4) is 0 Å². The highest BCUT2D eigenvalue weighted by molar-refractivity contribution is 9.10. The Kier molecular flexibility index (Phi) is 22.8. The van der Waals surface area contributed by atoms with Gasteiger partial charge >= 0.3 is 6.09 Å². The molecular weight excluding hydrogens is 848 g/mol. The molecule has 2 aromatic carbocycles. The van der Waals surface area contributed by atoms with Gasteiger partial charge in [0.1, 0.15) is 5.60 Å². The Labute approximate surface area is 357 Å². The third kappa shape index (κ3) is 15.9. The number of hydrogen-bond donors (Lipinski definition) is 1. The van der Waals surface area contributed by atoms with Gasteiger partial charge in [0.2, 0.25) is 0 Å². The van der Waals surface area contributed by atoms with Gasteiger partial charge in [-0.3, -0.25) is 0 Å². The summed E-state index contributed by atoms with van der Waals surface area (Å²) in [6, 6.07) is 17.1. The number of ether oxygens (including phenoxy) is 1. The molecule has 55 heavy (non-hydrogen) atoms. The summed E-state index contributed by atoms with van der Waals surface area (Å²) >= 11 is 7.05. The summed E-state index contributed by atoms with van der Waals surface area (Å²) in [5, 5.41) is 3.34. The fraction of sp³-hybridized carbons (Fsp3) is 0.711. The molecule has 10 heteroatoms. The first kappa shape index (κ1) is 52.0. The molecule has 316 valence electrons. The van der Waals surface area contributed by atoms with Crippen LogP contribution in [-0.4, -0.2) is 73.6 Å². The molecule has 1 amide bonds. The van der Waals surface area contributed by atoms with Crippen LogP contribution in [0.2, 0.25) is 33.2 Å². The molecule has 2 unspecified atom stereocenters. The van der Waals surface area contributed by atoms with E-state index < -0.39 is 22.2 Å². The van der Waals surface area contributed by atoms with Crippen molar-refractivity contribution in [3.05, 3.63) is 68.6 Å². The number of benzene rings is 2. The van der Waals surface area contributed by atoms with Crippen molar-refractivity contribution in [2.75, 3.05) is 40.4 Å². The van der Waals surface area contributed by atoms with Crippen LogP contribution in [-0.2, 0) is 13.6 Å². The summed E-state index contributed by atoms with van der Waals surface area (Å²) in [6.45, 7) is 36.9. The van der Waals surface area contributed by atoms with Crippen LogP contribution in [0.4, 0.5) is 4.79 Å². The van der Waals surface area contributed by atoms with Crippen LogP contribution >= 0.6 is 31.9 Å². The average molecular weight is 929 g/mol. The van der Waals surface area contributed by atoms with Crippen LogP contribution in [0.5, 0.6) is 0 Å². The van der Waals surface area contributed by atoms with Crippen molar-refractivity contribution in [2.45, 2.75) is 167 Å². The molecule has 0 saturated heterocycles. The SMILES string of the molecule is CC(C)[Si](OCCC(CN(C)C(=O)OC(C)(C)C)c1ccc(Br)cc1)(C(C)C)C(C)C.CNCC(CCO[Si](C(C)C)(C(C)C)C(C)C)c1ccc(Br)cc1. The summed E-state index contributed by atoms with van der Waals surface area (Å²) in [5.41, 5.74) is 5.72. The van der Waals surface area contributed by atoms with Crippen molar-refractivity contribution in [3.63, 3.8) is 0 Å². The van der Waals surface area contributed by atoms with Crippen LogP contribution < -0.4 is 5.32 Å². The fourth-order valence-electron chi connectivity index (χ4n) is 8.97. The topological polar surface area (TPSA) is 60.0 Å². The first-order valence-corrected chi connectivity index (χ1v) is 26.7. The van der Waals surface area contributed by atoms with Gasteiger partial charge in [-0.25, -0.2) is 4.79 Å². The van der Waals surface area contributed by atoms with E-state index in [-0.39, 0.29) is 12.0 Å². The summed E-state index contributed by atoms with van der Waals surface area (Å²) in [4.78, 5) is 14.2. The molecule has 0 bridgehead atoms. The van der Waals surface area contributed by atoms with Crippen LogP contribution in [0.25, 0.3) is 0 Å². The third-order valence-corrected chi connectivity index (χ3v) is 24.7. The molecule has 2 atom stereocenters. The fourth-order valence-corrected chi connectivity index (χ4v) is 20.4. The van der Waals surface area contributed by atoms with E-state index in [2.05, 4.69) is 169 Å². The first-order valence-electron chi connectivity index (χ1n) is 20.8. The minimum atomic E-state index is -1.91. The van der Waals surface area contributed by atoms with E-state index in [0.29, 0.717) is 52.3 Å². The Morgan fingerprint density at radius 2 is 0.964 bits per heavy atom. The van der Waals surface area contributed by atoms with Crippen LogP contribution in [0.3, 0.4) is 0 Å². The largest absolute Gasteiger partial charge is 0.444 e. The van der Waals surface area contributed by atoms with Crippen LogP contribution in [0.1, 0.15) is 140 Å². The number of likely N-dealkylation sites (N-methyl/N-ethyl adjacent to an activating group) is 2. The zero-order chi connectivity index (χ0) is 42.3. The van der Waals surface area contributed by atoms with Crippen molar-refractivity contribution in [1.82, 2.24) is 10.2 Å². The number of carbonyl (C=O) groups excluding carboxylic acids is 1. The number of nitrogens with one attached hydrogen (secondary N) is 1. The quantitative estimate of drug-likeness (QED) is 0.134. The molecule has 6 nitrogen and oxygen atoms in total. The van der Waals surface area contributed by atoms with E-state index in [1.54, 1.807) is 4.90 Å². The van der Waals surface area contributed by atoms with Gasteiger partial charge in [-0.15, -0.1) is 0 Å². The maximum atomic E-state index is 12.6. The van der Waals surface area contributed by atoms with Gasteiger partial charge in [-0.05, 0) is 115 Å². The van der Waals surface area contributed by atoms with Crippen molar-refractivity contribution < 1.29 is 18.4 Å². The Bertz CT molecular complexity index is 1320. The molecule has 1 N–H and O–H groups in total. The number of hydrogen-bond acceptors (Lipinski definition) is 5. The lowest BCUT2D eigenvalue weighted by atomic mass is 9.95. The highest BCUT2D eigenvalue weighted by Gasteiger charge is 2.46. The summed E-state index contributed by atoms with van der Waals surface area (Å²) < 4.78 is 21.3. The normalized spacial score (nSPS) is 13.8. The van der Waals surface area contributed by atoms with Crippen molar-refractivity contribution in [2.24, 2.45) is 0 Å². The monoisotopic (exact) mass is 926 g/mol. The molecule has 0 fully saturated rings. The second-order valence-electron chi connectivity index (χ2n) is 18.3. The highest BCUT2D eigenvalue weighted by atomic mass is 79.9. The van der Waals surface area contributed by atoms with Crippen LogP contribution in [0.15, 0.2) is 57.5 Å². The standard InChI is InChI=1S/C25H44BrNO3Si.C20H36BrNOSi/c1-18(2)31(19(3)4,20(5)6)29-16-15-22(21-11-13-23(26)14-12-21)17-27(10)24(28)30-25(7,8)9;1-15(2)24(16(3)4,17(5)6)23-13-12-19(14-22-7)18-8-10-20(21)11-9-18/h11-14,18-20,22H,15-17H2,1-10H3;8-11,15-17,19,22H,12-14H2,1-7H3. The smallest absolute Gasteiger partial charge is 0.410 e. The highest BCUT2D eigenvalue weighted by Crippen LogP contribution is 2.44. The Hall–Kier alpha value is -1.02. The average Bonchev–Trinajstić information content (AvgIpc) is 3.06. The predicted molar refractivity (Wildman–Crippen MR) is 250 cm³/mol. The predicted octanol–water partition coefficient (Wildman–Crippen LogP) is 14.3. The van der Waals surface area contributed by atoms with Gasteiger partial charge in [0.15, 0.2) is 16.6 Å². The van der Waals surface area contributed by atoms with E-state index in [1.165, 1.54) is 11.1 Å². The maximum absolute atomic E-state index is 12.6. The van der Waals surface area contributed by atoms with Gasteiger partial charge in [-0.2, -0.15) is 0 Å². The van der Waals surface area contributed by atoms with Gasteiger partial charge in [-0.1, -0.05) is 139 Å². The van der Waals surface area contributed by atoms with Gasteiger partial charge in [0.05, 0.1) is 0 Å². The van der Waals surface area contributed by atoms with E-state index in [4.69, 9.17) is 13.6 Å². The number of nitrogens with zero attached hydrogens (tertiary/aromatic N) is 1. The maximum Gasteiger partial charge on any atom is 0.410 e. The third-order valence-electron chi connectivity index (χ3n) is 11.4. The zero-order valence-corrected chi connectivity index (χ0v) is 43.0. The molecule has 0 aliphatic carbocycles. The number of amides is 1. The molecule has 0 aliphatic rings. The Morgan fingerprint density at radius 1 is 0.636 bits per heavy atom. The lowest BCUT2D eigenvalue weighted by Gasteiger charge is -2.42. The van der Waals surface area contributed by atoms with E-state index >= 15 is 0 Å². The van der Waals surface area contributed by atoms with E-state index in [9.17, 15) is 4.79 Å². The zero-order valence-electron chi connectivity index (χ0n) is 37.8. The molecule has 0 aromatic heterocycles. The minimum Gasteiger partial charge on any atom is -0.444 e. The van der Waals surface area contributed by atoms with Crippen molar-refractivity contribution >= 4 is 54.6 Å². The number of carbonyl (C=O) groups is 1. The first-order chi connectivity index (χ1) is 25.5. The molecule has 0 heterocycles. The second-order valence-corrected chi connectivity index (χ2v) is 31.1. The molecule has 0 saturated carbocycles. The lowest BCUT2D eigenvalue weighted by molar-refractivity contribution is 0.0284. The van der Waals surface area contributed by atoms with Crippen molar-refractivity contribution in [1.29, 1.82) is 0 Å². The lowest BCUT2D eigenvalue weighted by Crippen LogP contribution is -2.48. The Balaban J connectivity index is 0.000000568. The molecule has 2 aromatic rings.